The first-order valence-corrected chi connectivity index (χ1v) is 43.1. The second-order valence-corrected chi connectivity index (χ2v) is 30.5. The number of allylic oxidation sites excluding steroid dienone is 12. The zero-order valence-electron chi connectivity index (χ0n) is 66.4. The molecular formula is C90H165NO8. The molecule has 0 radical (unpaired) electrons. The van der Waals surface area contributed by atoms with E-state index in [0.29, 0.717) is 17.4 Å². The first-order chi connectivity index (χ1) is 48.6. The SMILES string of the molecule is CCCCCCC/C=C\C/C=C\C/C=C\CCCCCCCCCCCCCCCCCCCCCCCCCCCCC(=O)OC(COC(=O)CCCCCCCCCCCCCCCCCCCC/C=C\C/C=C\C/C=C\CCCCCCC)COC(OCC[N+](C)(C)C)C(=O)[O-]. The van der Waals surface area contributed by atoms with Crippen LogP contribution in [0.1, 0.15) is 425 Å². The normalized spacial score (nSPS) is 12.9. The van der Waals surface area contributed by atoms with Crippen LogP contribution in [0.2, 0.25) is 0 Å². The van der Waals surface area contributed by atoms with Gasteiger partial charge in [-0.3, -0.25) is 9.59 Å². The van der Waals surface area contributed by atoms with Crippen LogP contribution in [-0.2, 0) is 33.3 Å². The number of carbonyl (C=O) groups excluding carboxylic acids is 3. The Morgan fingerprint density at radius 1 is 0.303 bits per heavy atom. The van der Waals surface area contributed by atoms with Crippen LogP contribution in [0.5, 0.6) is 0 Å². The number of carbonyl (C=O) groups is 3. The third-order valence-electron chi connectivity index (χ3n) is 19.4. The number of rotatable bonds is 81. The van der Waals surface area contributed by atoms with Gasteiger partial charge in [0.1, 0.15) is 13.2 Å². The van der Waals surface area contributed by atoms with Crippen molar-refractivity contribution in [1.29, 1.82) is 0 Å². The molecule has 0 heterocycles. The Morgan fingerprint density at radius 2 is 0.545 bits per heavy atom. The molecule has 578 valence electrons. The lowest BCUT2D eigenvalue weighted by Crippen LogP contribution is -2.44. The van der Waals surface area contributed by atoms with Crippen molar-refractivity contribution in [2.24, 2.45) is 0 Å². The Labute approximate surface area is 615 Å². The lowest BCUT2D eigenvalue weighted by molar-refractivity contribution is -0.870. The summed E-state index contributed by atoms with van der Waals surface area (Å²) in [7, 11) is 5.95. The van der Waals surface area contributed by atoms with Gasteiger partial charge in [0.2, 0.25) is 0 Å². The smallest absolute Gasteiger partial charge is 0.306 e. The van der Waals surface area contributed by atoms with E-state index in [4.69, 9.17) is 18.9 Å². The molecule has 0 aromatic carbocycles. The zero-order valence-corrected chi connectivity index (χ0v) is 66.4. The number of ether oxygens (including phenoxy) is 4. The van der Waals surface area contributed by atoms with Crippen molar-refractivity contribution in [3.63, 3.8) is 0 Å². The van der Waals surface area contributed by atoms with Crippen LogP contribution in [0.4, 0.5) is 0 Å². The number of esters is 2. The van der Waals surface area contributed by atoms with Gasteiger partial charge in [-0.2, -0.15) is 0 Å². The summed E-state index contributed by atoms with van der Waals surface area (Å²) in [4.78, 5) is 37.7. The van der Waals surface area contributed by atoms with E-state index in [9.17, 15) is 19.5 Å². The second kappa shape index (κ2) is 80.4. The van der Waals surface area contributed by atoms with Crippen molar-refractivity contribution < 1.29 is 42.9 Å². The van der Waals surface area contributed by atoms with E-state index in [0.717, 1.165) is 64.2 Å². The highest BCUT2D eigenvalue weighted by Crippen LogP contribution is 2.20. The van der Waals surface area contributed by atoms with E-state index in [-0.39, 0.29) is 32.2 Å². The average Bonchev–Trinajstić information content (AvgIpc) is 2.62. The standard InChI is InChI=1S/C90H165NO8/c1-6-8-10-12-14-16-18-20-22-24-26-28-30-32-34-36-38-40-41-42-43-44-45-46-47-49-51-53-55-57-59-61-63-65-67-69-71-73-75-77-79-81-88(93)99-86(85-98-90(89(94)95)96-83-82-91(3,4)5)84-97-87(92)80-78-76-74-72-70-68-66-64-62-60-58-56-54-52-50-48-39-37-35-33-31-29-27-25-23-21-19-17-15-13-11-9-7-2/h18-21,24-27,30-33,86,90H,6-17,22-23,28-29,34-85H2,1-5H3/b20-18-,21-19-,26-24-,27-25-,32-30-,33-31-. The maximum atomic E-state index is 13.0. The number of likely N-dealkylation sites (N-methyl/N-ethyl adjacent to an activating group) is 1. The molecule has 0 rings (SSSR count). The fourth-order valence-corrected chi connectivity index (χ4v) is 12.9. The molecule has 0 fully saturated rings. The van der Waals surface area contributed by atoms with Crippen LogP contribution in [0.25, 0.3) is 0 Å². The molecule has 0 N–H and O–H groups in total. The third-order valence-corrected chi connectivity index (χ3v) is 19.4. The van der Waals surface area contributed by atoms with Crippen molar-refractivity contribution in [1.82, 2.24) is 0 Å². The van der Waals surface area contributed by atoms with Crippen molar-refractivity contribution >= 4 is 17.9 Å². The van der Waals surface area contributed by atoms with Gasteiger partial charge in [-0.1, -0.05) is 395 Å². The maximum Gasteiger partial charge on any atom is 0.306 e. The lowest BCUT2D eigenvalue weighted by atomic mass is 10.0. The van der Waals surface area contributed by atoms with Crippen molar-refractivity contribution in [2.45, 2.75) is 437 Å². The maximum absolute atomic E-state index is 13.0. The first kappa shape index (κ1) is 95.7. The molecule has 0 spiro atoms. The Hall–Kier alpha value is -3.27. The van der Waals surface area contributed by atoms with Gasteiger partial charge in [0.05, 0.1) is 40.3 Å². The van der Waals surface area contributed by atoms with E-state index in [2.05, 4.69) is 86.8 Å². The Kier molecular flexibility index (Phi) is 77.8. The fraction of sp³-hybridized carbons (Fsp3) is 0.833. The van der Waals surface area contributed by atoms with Gasteiger partial charge in [-0.05, 0) is 89.9 Å². The summed E-state index contributed by atoms with van der Waals surface area (Å²) in [5, 5.41) is 11.9. The summed E-state index contributed by atoms with van der Waals surface area (Å²) in [6.07, 6.45) is 106. The average molecular weight is 1390 g/mol. The minimum Gasteiger partial charge on any atom is -0.545 e. The monoisotopic (exact) mass is 1390 g/mol. The Morgan fingerprint density at radius 3 is 0.808 bits per heavy atom. The number of aliphatic carboxylic acids is 1. The van der Waals surface area contributed by atoms with Gasteiger partial charge in [-0.25, -0.2) is 0 Å². The van der Waals surface area contributed by atoms with Crippen molar-refractivity contribution in [3.05, 3.63) is 72.9 Å². The molecule has 0 saturated carbocycles. The number of hydrogen-bond acceptors (Lipinski definition) is 8. The Balaban J connectivity index is 3.94. The van der Waals surface area contributed by atoms with E-state index in [1.165, 1.54) is 334 Å². The van der Waals surface area contributed by atoms with Crippen LogP contribution in [0.15, 0.2) is 72.9 Å². The highest BCUT2D eigenvalue weighted by molar-refractivity contribution is 5.70. The summed E-state index contributed by atoms with van der Waals surface area (Å²) in [6.45, 7) is 4.79. The summed E-state index contributed by atoms with van der Waals surface area (Å²) in [5.41, 5.74) is 0. The van der Waals surface area contributed by atoms with E-state index in [1.54, 1.807) is 0 Å². The summed E-state index contributed by atoms with van der Waals surface area (Å²) in [5.74, 6) is -2.25. The molecular weight excluding hydrogens is 1220 g/mol. The predicted octanol–water partition coefficient (Wildman–Crippen LogP) is 26.6. The number of carboxylic acid groups (broad SMARTS) is 1. The van der Waals surface area contributed by atoms with E-state index >= 15 is 0 Å². The van der Waals surface area contributed by atoms with Crippen molar-refractivity contribution in [3.8, 4) is 0 Å². The summed E-state index contributed by atoms with van der Waals surface area (Å²) < 4.78 is 22.9. The van der Waals surface area contributed by atoms with Crippen LogP contribution in [0, 0.1) is 0 Å². The molecule has 0 saturated heterocycles. The molecule has 9 heteroatoms. The predicted molar refractivity (Wildman–Crippen MR) is 426 cm³/mol. The van der Waals surface area contributed by atoms with E-state index < -0.39 is 24.3 Å². The molecule has 99 heavy (non-hydrogen) atoms. The minimum absolute atomic E-state index is 0.149. The van der Waals surface area contributed by atoms with Crippen LogP contribution in [0.3, 0.4) is 0 Å². The molecule has 9 nitrogen and oxygen atoms in total. The molecule has 2 atom stereocenters. The van der Waals surface area contributed by atoms with Crippen LogP contribution >= 0.6 is 0 Å². The molecule has 0 bridgehead atoms. The zero-order chi connectivity index (χ0) is 71.8. The topological polar surface area (TPSA) is 111 Å². The largest absolute Gasteiger partial charge is 0.545 e. The third kappa shape index (κ3) is 81.9. The summed E-state index contributed by atoms with van der Waals surface area (Å²) in [6, 6.07) is 0. The van der Waals surface area contributed by atoms with Crippen LogP contribution in [-0.4, -0.2) is 82.3 Å². The number of quaternary nitrogens is 1. The number of nitrogens with zero attached hydrogens (tertiary/aromatic N) is 1. The molecule has 0 amide bonds. The second-order valence-electron chi connectivity index (χ2n) is 30.5. The molecule has 2 unspecified atom stereocenters. The van der Waals surface area contributed by atoms with Gasteiger partial charge in [0.15, 0.2) is 12.4 Å². The first-order valence-electron chi connectivity index (χ1n) is 43.1. The van der Waals surface area contributed by atoms with Gasteiger partial charge in [0.25, 0.3) is 0 Å². The summed E-state index contributed by atoms with van der Waals surface area (Å²) >= 11 is 0. The molecule has 0 aliphatic rings. The minimum atomic E-state index is -1.62. The molecule has 0 aromatic heterocycles. The number of unbranched alkanes of at least 4 members (excludes halogenated alkanes) is 54. The van der Waals surface area contributed by atoms with Gasteiger partial charge < -0.3 is 33.3 Å². The molecule has 0 aliphatic heterocycles. The fourth-order valence-electron chi connectivity index (χ4n) is 12.9. The van der Waals surface area contributed by atoms with Gasteiger partial charge >= 0.3 is 11.9 Å². The van der Waals surface area contributed by atoms with Crippen LogP contribution < -0.4 is 5.11 Å². The van der Waals surface area contributed by atoms with Gasteiger partial charge in [-0.15, -0.1) is 0 Å². The van der Waals surface area contributed by atoms with E-state index in [1.807, 2.05) is 21.1 Å². The Bertz CT molecular complexity index is 1860. The van der Waals surface area contributed by atoms with Crippen molar-refractivity contribution in [2.75, 3.05) is 47.5 Å². The highest BCUT2D eigenvalue weighted by Gasteiger charge is 2.22. The number of carboxylic acids is 1. The quantitative estimate of drug-likeness (QED) is 0.0195. The number of hydrogen-bond donors (Lipinski definition) is 0. The molecule has 0 aliphatic carbocycles. The molecule has 0 aromatic rings. The lowest BCUT2D eigenvalue weighted by Gasteiger charge is -2.26. The highest BCUT2D eigenvalue weighted by atomic mass is 16.7. The van der Waals surface area contributed by atoms with Gasteiger partial charge in [0, 0.05) is 12.8 Å².